The van der Waals surface area contributed by atoms with Crippen LogP contribution in [-0.4, -0.2) is 22.1 Å². The van der Waals surface area contributed by atoms with Crippen molar-refractivity contribution in [1.29, 1.82) is 0 Å². The molecule has 1 aliphatic carbocycles. The maximum Gasteiger partial charge on any atom is 0.270 e. The number of rotatable bonds is 2. The van der Waals surface area contributed by atoms with Crippen LogP contribution in [0.1, 0.15) is 38.8 Å². The average Bonchev–Trinajstić information content (AvgIpc) is 2.78. The quantitative estimate of drug-likeness (QED) is 0.886. The lowest BCUT2D eigenvalue weighted by molar-refractivity contribution is 0.0853. The van der Waals surface area contributed by atoms with E-state index < -0.39 is 6.10 Å². The summed E-state index contributed by atoms with van der Waals surface area (Å²) in [4.78, 5) is 16.5. The fourth-order valence-corrected chi connectivity index (χ4v) is 2.71. The topological polar surface area (TPSA) is 62.2 Å². The Balaban J connectivity index is 1.83. The van der Waals surface area contributed by atoms with Gasteiger partial charge in [-0.3, -0.25) is 9.78 Å². The van der Waals surface area contributed by atoms with E-state index in [0.717, 1.165) is 22.3 Å². The maximum absolute atomic E-state index is 12.3. The van der Waals surface area contributed by atoms with Crippen LogP contribution in [0.25, 0.3) is 0 Å². The smallest absolute Gasteiger partial charge is 0.270 e. The number of aliphatic hydroxyl groups is 1. The monoisotopic (exact) mass is 282 g/mol. The molecule has 0 aliphatic heterocycles. The highest BCUT2D eigenvalue weighted by Crippen LogP contribution is 2.31. The number of hydrogen-bond donors (Lipinski definition) is 2. The second-order valence-corrected chi connectivity index (χ2v) is 5.58. The Kier molecular flexibility index (Phi) is 3.47. The summed E-state index contributed by atoms with van der Waals surface area (Å²) in [5.74, 6) is -0.251. The summed E-state index contributed by atoms with van der Waals surface area (Å²) in [6.07, 6.45) is 1.68. The van der Waals surface area contributed by atoms with Crippen LogP contribution in [0.4, 0.5) is 0 Å². The van der Waals surface area contributed by atoms with E-state index in [9.17, 15) is 9.90 Å². The molecule has 0 fully saturated rings. The van der Waals surface area contributed by atoms with Crippen molar-refractivity contribution in [1.82, 2.24) is 10.3 Å². The lowest BCUT2D eigenvalue weighted by Gasteiger charge is -2.18. The van der Waals surface area contributed by atoms with Gasteiger partial charge in [0, 0.05) is 12.6 Å². The Morgan fingerprint density at radius 1 is 1.29 bits per heavy atom. The standard InChI is InChI=1S/C17H18N2O2/c1-10-7-14(18-9-11(10)2)17(21)19-16-13-6-4-3-5-12(13)8-15(16)20/h3-7,9,15-16,20H,8H2,1-2H3,(H,19,21)/t15-,16-/m0/s1. The van der Waals surface area contributed by atoms with Crippen LogP contribution < -0.4 is 5.32 Å². The lowest BCUT2D eigenvalue weighted by atomic mass is 10.1. The van der Waals surface area contributed by atoms with E-state index in [-0.39, 0.29) is 11.9 Å². The van der Waals surface area contributed by atoms with Crippen molar-refractivity contribution in [2.75, 3.05) is 0 Å². The number of nitrogens with zero attached hydrogens (tertiary/aromatic N) is 1. The van der Waals surface area contributed by atoms with E-state index in [1.54, 1.807) is 12.3 Å². The summed E-state index contributed by atoms with van der Waals surface area (Å²) in [6, 6.07) is 9.21. The first kappa shape index (κ1) is 13.8. The van der Waals surface area contributed by atoms with Gasteiger partial charge < -0.3 is 10.4 Å². The Morgan fingerprint density at radius 3 is 2.81 bits per heavy atom. The predicted octanol–water partition coefficient (Wildman–Crippen LogP) is 2.09. The van der Waals surface area contributed by atoms with Gasteiger partial charge >= 0.3 is 0 Å². The third kappa shape index (κ3) is 2.54. The molecule has 1 amide bonds. The Labute approximate surface area is 123 Å². The van der Waals surface area contributed by atoms with Crippen molar-refractivity contribution in [3.8, 4) is 0 Å². The van der Waals surface area contributed by atoms with Gasteiger partial charge in [-0.25, -0.2) is 0 Å². The molecule has 1 heterocycles. The molecule has 4 nitrogen and oxygen atoms in total. The zero-order chi connectivity index (χ0) is 15.0. The number of pyridine rings is 1. The minimum atomic E-state index is -0.585. The van der Waals surface area contributed by atoms with E-state index in [2.05, 4.69) is 10.3 Å². The molecule has 0 unspecified atom stereocenters. The zero-order valence-corrected chi connectivity index (χ0v) is 12.1. The molecule has 0 bridgehead atoms. The number of benzene rings is 1. The SMILES string of the molecule is Cc1cnc(C(=O)N[C@H]2c3ccccc3C[C@@H]2O)cc1C. The number of aromatic nitrogens is 1. The number of hydrogen-bond acceptors (Lipinski definition) is 3. The minimum absolute atomic E-state index is 0.251. The number of amides is 1. The van der Waals surface area contributed by atoms with Crippen molar-refractivity contribution in [3.63, 3.8) is 0 Å². The van der Waals surface area contributed by atoms with Gasteiger partial charge in [-0.15, -0.1) is 0 Å². The van der Waals surface area contributed by atoms with Gasteiger partial charge in [0.1, 0.15) is 5.69 Å². The summed E-state index contributed by atoms with van der Waals surface area (Å²) in [7, 11) is 0. The molecule has 108 valence electrons. The van der Waals surface area contributed by atoms with Gasteiger partial charge in [-0.05, 0) is 42.2 Å². The number of carbonyl (C=O) groups is 1. The first-order chi connectivity index (χ1) is 10.1. The number of carbonyl (C=O) groups excluding carboxylic acids is 1. The molecule has 21 heavy (non-hydrogen) atoms. The van der Waals surface area contributed by atoms with Crippen LogP contribution in [0.15, 0.2) is 36.5 Å². The fourth-order valence-electron chi connectivity index (χ4n) is 2.71. The molecule has 3 rings (SSSR count). The fraction of sp³-hybridized carbons (Fsp3) is 0.294. The molecule has 1 aromatic heterocycles. The van der Waals surface area contributed by atoms with Gasteiger partial charge in [0.25, 0.3) is 5.91 Å². The zero-order valence-electron chi connectivity index (χ0n) is 12.1. The molecule has 2 aromatic rings. The van der Waals surface area contributed by atoms with Crippen molar-refractivity contribution in [2.45, 2.75) is 32.4 Å². The molecule has 0 saturated heterocycles. The van der Waals surface area contributed by atoms with Crippen LogP contribution in [0.5, 0.6) is 0 Å². The first-order valence-electron chi connectivity index (χ1n) is 7.06. The molecule has 0 radical (unpaired) electrons. The van der Waals surface area contributed by atoms with E-state index in [1.807, 2.05) is 38.1 Å². The van der Waals surface area contributed by atoms with Crippen LogP contribution in [0.2, 0.25) is 0 Å². The van der Waals surface area contributed by atoms with Gasteiger partial charge in [0.15, 0.2) is 0 Å². The highest BCUT2D eigenvalue weighted by Gasteiger charge is 2.32. The third-order valence-corrected chi connectivity index (χ3v) is 4.10. The highest BCUT2D eigenvalue weighted by atomic mass is 16.3. The Bertz CT molecular complexity index is 697. The van der Waals surface area contributed by atoms with Crippen LogP contribution in [-0.2, 0) is 6.42 Å². The molecule has 1 aromatic carbocycles. The molecule has 0 saturated carbocycles. The molecular weight excluding hydrogens is 264 g/mol. The summed E-state index contributed by atoms with van der Waals surface area (Å²) < 4.78 is 0. The molecular formula is C17H18N2O2. The third-order valence-electron chi connectivity index (χ3n) is 4.10. The number of fused-ring (bicyclic) bond motifs is 1. The number of aliphatic hydroxyl groups excluding tert-OH is 1. The molecule has 2 atom stereocenters. The second kappa shape index (κ2) is 5.30. The van der Waals surface area contributed by atoms with E-state index >= 15 is 0 Å². The molecule has 2 N–H and O–H groups in total. The van der Waals surface area contributed by atoms with Crippen LogP contribution in [0, 0.1) is 13.8 Å². The minimum Gasteiger partial charge on any atom is -0.390 e. The summed E-state index contributed by atoms with van der Waals surface area (Å²) in [6.45, 7) is 3.91. The predicted molar refractivity (Wildman–Crippen MR) is 80.1 cm³/mol. The second-order valence-electron chi connectivity index (χ2n) is 5.58. The van der Waals surface area contributed by atoms with Crippen LogP contribution in [0.3, 0.4) is 0 Å². The van der Waals surface area contributed by atoms with Gasteiger partial charge in [-0.2, -0.15) is 0 Å². The van der Waals surface area contributed by atoms with Gasteiger partial charge in [-0.1, -0.05) is 24.3 Å². The van der Waals surface area contributed by atoms with Crippen molar-refractivity contribution in [2.24, 2.45) is 0 Å². The highest BCUT2D eigenvalue weighted by molar-refractivity contribution is 5.92. The number of aryl methyl sites for hydroxylation is 2. The first-order valence-corrected chi connectivity index (χ1v) is 7.06. The van der Waals surface area contributed by atoms with Crippen LogP contribution >= 0.6 is 0 Å². The van der Waals surface area contributed by atoms with Gasteiger partial charge in [0.05, 0.1) is 12.1 Å². The summed E-state index contributed by atoms with van der Waals surface area (Å²) in [5.41, 5.74) is 4.54. The maximum atomic E-state index is 12.3. The van der Waals surface area contributed by atoms with E-state index in [4.69, 9.17) is 0 Å². The van der Waals surface area contributed by atoms with Crippen molar-refractivity contribution < 1.29 is 9.90 Å². The van der Waals surface area contributed by atoms with E-state index in [1.165, 1.54) is 0 Å². The van der Waals surface area contributed by atoms with Gasteiger partial charge in [0.2, 0.25) is 0 Å². The molecule has 1 aliphatic rings. The van der Waals surface area contributed by atoms with Crippen molar-refractivity contribution >= 4 is 5.91 Å². The largest absolute Gasteiger partial charge is 0.390 e. The summed E-state index contributed by atoms with van der Waals surface area (Å²) in [5, 5.41) is 13.1. The van der Waals surface area contributed by atoms with E-state index in [0.29, 0.717) is 12.1 Å². The Hall–Kier alpha value is -2.20. The molecule has 4 heteroatoms. The summed E-state index contributed by atoms with van der Waals surface area (Å²) >= 11 is 0. The molecule has 0 spiro atoms. The van der Waals surface area contributed by atoms with Crippen molar-refractivity contribution in [3.05, 3.63) is 64.5 Å². The number of nitrogens with one attached hydrogen (secondary N) is 1. The normalized spacial score (nSPS) is 20.1. The lowest BCUT2D eigenvalue weighted by Crippen LogP contribution is -2.34. The Morgan fingerprint density at radius 2 is 2.05 bits per heavy atom. The average molecular weight is 282 g/mol.